The molecule has 0 aliphatic rings. The molecule has 0 saturated carbocycles. The highest BCUT2D eigenvalue weighted by molar-refractivity contribution is 9.10. The molecular formula is C30H21BrCl2N4O2S. The second-order valence-corrected chi connectivity index (χ2v) is 11.1. The summed E-state index contributed by atoms with van der Waals surface area (Å²) in [7, 11) is 0. The Labute approximate surface area is 253 Å². The number of aromatic nitrogens is 1. The molecule has 2 N–H and O–H groups in total. The van der Waals surface area contributed by atoms with Gasteiger partial charge in [-0.15, -0.1) is 11.3 Å². The van der Waals surface area contributed by atoms with Gasteiger partial charge in [0.15, 0.2) is 5.13 Å². The van der Waals surface area contributed by atoms with Crippen LogP contribution in [0.4, 0.5) is 10.8 Å². The molecule has 1 aromatic heterocycles. The number of para-hydroxylation sites is 1. The molecule has 0 radical (unpaired) electrons. The number of carbonyl (C=O) groups is 1. The molecule has 0 fully saturated rings. The Kier molecular flexibility index (Phi) is 9.13. The number of amides is 1. The number of nitrogens with one attached hydrogen (secondary N) is 2. The van der Waals surface area contributed by atoms with Crippen LogP contribution in [0.25, 0.3) is 11.3 Å². The van der Waals surface area contributed by atoms with Crippen LogP contribution in [-0.2, 0) is 6.61 Å². The van der Waals surface area contributed by atoms with Crippen LogP contribution < -0.4 is 15.5 Å². The highest BCUT2D eigenvalue weighted by atomic mass is 79.9. The fourth-order valence-corrected chi connectivity index (χ4v) is 5.25. The smallest absolute Gasteiger partial charge is 0.271 e. The molecule has 1 amide bonds. The van der Waals surface area contributed by atoms with E-state index in [4.69, 9.17) is 27.9 Å². The van der Waals surface area contributed by atoms with E-state index in [-0.39, 0.29) is 12.5 Å². The van der Waals surface area contributed by atoms with E-state index in [9.17, 15) is 4.79 Å². The molecule has 1 heterocycles. The molecule has 40 heavy (non-hydrogen) atoms. The summed E-state index contributed by atoms with van der Waals surface area (Å²) in [6.07, 6.45) is 1.53. The van der Waals surface area contributed by atoms with Crippen LogP contribution >= 0.6 is 50.5 Å². The molecule has 0 bridgehead atoms. The van der Waals surface area contributed by atoms with Crippen LogP contribution in [-0.4, -0.2) is 17.1 Å². The molecule has 0 aliphatic heterocycles. The SMILES string of the molecule is O=C(N/N=C\c1cc(Br)ccc1OCc1ccc(Cl)cc1Cl)c1ccc(-c2csc(Nc3ccccc3)n2)cc1. The third kappa shape index (κ3) is 7.28. The summed E-state index contributed by atoms with van der Waals surface area (Å²) < 4.78 is 6.81. The Balaban J connectivity index is 1.20. The van der Waals surface area contributed by atoms with Crippen molar-refractivity contribution in [2.45, 2.75) is 6.61 Å². The third-order valence-electron chi connectivity index (χ3n) is 5.71. The molecule has 6 nitrogen and oxygen atoms in total. The fraction of sp³-hybridized carbons (Fsp3) is 0.0333. The number of carbonyl (C=O) groups excluding carboxylic acids is 1. The fourth-order valence-electron chi connectivity index (χ4n) is 3.67. The van der Waals surface area contributed by atoms with E-state index >= 15 is 0 Å². The minimum absolute atomic E-state index is 0.250. The number of anilines is 2. The van der Waals surface area contributed by atoms with Crippen molar-refractivity contribution in [1.82, 2.24) is 10.4 Å². The van der Waals surface area contributed by atoms with Crippen molar-refractivity contribution in [1.29, 1.82) is 0 Å². The van der Waals surface area contributed by atoms with Gasteiger partial charge in [0.1, 0.15) is 12.4 Å². The summed E-state index contributed by atoms with van der Waals surface area (Å²) in [6, 6.07) is 27.9. The van der Waals surface area contributed by atoms with Gasteiger partial charge in [0.05, 0.1) is 11.9 Å². The summed E-state index contributed by atoms with van der Waals surface area (Å²) in [5.74, 6) is 0.249. The first-order chi connectivity index (χ1) is 19.4. The Hall–Kier alpha value is -3.69. The van der Waals surface area contributed by atoms with Gasteiger partial charge in [-0.05, 0) is 54.6 Å². The second-order valence-electron chi connectivity index (χ2n) is 8.51. The maximum absolute atomic E-state index is 12.7. The van der Waals surface area contributed by atoms with Crippen molar-refractivity contribution < 1.29 is 9.53 Å². The van der Waals surface area contributed by atoms with Crippen molar-refractivity contribution in [3.63, 3.8) is 0 Å². The normalized spacial score (nSPS) is 11.0. The van der Waals surface area contributed by atoms with Crippen molar-refractivity contribution in [2.24, 2.45) is 5.10 Å². The third-order valence-corrected chi connectivity index (χ3v) is 7.55. The molecule has 5 rings (SSSR count). The summed E-state index contributed by atoms with van der Waals surface area (Å²) in [6.45, 7) is 0.250. The van der Waals surface area contributed by atoms with Crippen LogP contribution in [0.15, 0.2) is 106 Å². The minimum atomic E-state index is -0.335. The Morgan fingerprint density at radius 1 is 1.00 bits per heavy atom. The number of benzene rings is 4. The van der Waals surface area contributed by atoms with Crippen molar-refractivity contribution in [3.8, 4) is 17.0 Å². The van der Waals surface area contributed by atoms with Crippen LogP contribution in [0.3, 0.4) is 0 Å². The first-order valence-corrected chi connectivity index (χ1v) is 14.5. The zero-order valence-electron chi connectivity index (χ0n) is 20.8. The lowest BCUT2D eigenvalue weighted by Crippen LogP contribution is -2.17. The lowest BCUT2D eigenvalue weighted by atomic mass is 10.1. The quantitative estimate of drug-likeness (QED) is 0.123. The van der Waals surface area contributed by atoms with Crippen LogP contribution in [0.1, 0.15) is 21.5 Å². The number of ether oxygens (including phenoxy) is 1. The average Bonchev–Trinajstić information content (AvgIpc) is 3.42. The van der Waals surface area contributed by atoms with E-state index in [1.54, 1.807) is 24.3 Å². The molecule has 0 saturated heterocycles. The van der Waals surface area contributed by atoms with Crippen molar-refractivity contribution in [2.75, 3.05) is 5.32 Å². The van der Waals surface area contributed by atoms with E-state index in [1.165, 1.54) is 17.6 Å². The standard InChI is InChI=1S/C30H21BrCl2N4O2S/c31-23-11-13-28(39-17-21-10-12-24(32)15-26(21)33)22(14-23)16-34-37-29(38)20-8-6-19(7-9-20)27-18-40-30(36-27)35-25-4-2-1-3-5-25/h1-16,18H,17H2,(H,35,36)(H,37,38)/b34-16-. The van der Waals surface area contributed by atoms with Gasteiger partial charge in [0.2, 0.25) is 0 Å². The first-order valence-electron chi connectivity index (χ1n) is 12.0. The van der Waals surface area contributed by atoms with Crippen LogP contribution in [0.2, 0.25) is 10.0 Å². The Morgan fingerprint density at radius 3 is 2.58 bits per heavy atom. The number of halogens is 3. The number of hydrazone groups is 1. The van der Waals surface area contributed by atoms with E-state index in [1.807, 2.05) is 72.1 Å². The second kappa shape index (κ2) is 13.1. The Morgan fingerprint density at radius 2 is 1.80 bits per heavy atom. The number of rotatable bonds is 9. The van der Waals surface area contributed by atoms with Gasteiger partial charge in [-0.2, -0.15) is 5.10 Å². The lowest BCUT2D eigenvalue weighted by molar-refractivity contribution is 0.0955. The molecule has 200 valence electrons. The zero-order valence-corrected chi connectivity index (χ0v) is 24.7. The van der Waals surface area contributed by atoms with Crippen LogP contribution in [0, 0.1) is 0 Å². The maximum Gasteiger partial charge on any atom is 0.271 e. The van der Waals surface area contributed by atoms with Gasteiger partial charge in [-0.25, -0.2) is 10.4 Å². The van der Waals surface area contributed by atoms with Gasteiger partial charge >= 0.3 is 0 Å². The molecule has 0 spiro atoms. The number of thiazole rings is 1. The molecule has 0 atom stereocenters. The largest absolute Gasteiger partial charge is 0.488 e. The van der Waals surface area contributed by atoms with Gasteiger partial charge in [0.25, 0.3) is 5.91 Å². The van der Waals surface area contributed by atoms with Crippen LogP contribution in [0.5, 0.6) is 5.75 Å². The molecule has 0 aliphatic carbocycles. The lowest BCUT2D eigenvalue weighted by Gasteiger charge is -2.11. The summed E-state index contributed by atoms with van der Waals surface area (Å²) in [4.78, 5) is 17.3. The molecule has 10 heteroatoms. The van der Waals surface area contributed by atoms with Gasteiger partial charge in [-0.3, -0.25) is 4.79 Å². The Bertz CT molecular complexity index is 1660. The number of hydrogen-bond donors (Lipinski definition) is 2. The topological polar surface area (TPSA) is 75.6 Å². The van der Waals surface area contributed by atoms with Gasteiger partial charge in [0, 0.05) is 47.8 Å². The highest BCUT2D eigenvalue weighted by Gasteiger charge is 2.10. The van der Waals surface area contributed by atoms with Gasteiger partial charge < -0.3 is 10.1 Å². The minimum Gasteiger partial charge on any atom is -0.488 e. The molecular weight excluding hydrogens is 631 g/mol. The monoisotopic (exact) mass is 650 g/mol. The van der Waals surface area contributed by atoms with E-state index < -0.39 is 0 Å². The highest BCUT2D eigenvalue weighted by Crippen LogP contribution is 2.28. The van der Waals surface area contributed by atoms with E-state index in [0.29, 0.717) is 26.9 Å². The molecule has 5 aromatic rings. The summed E-state index contributed by atoms with van der Waals surface area (Å²) in [5.41, 5.74) is 7.24. The number of hydrogen-bond acceptors (Lipinski definition) is 6. The molecule has 4 aromatic carbocycles. The maximum atomic E-state index is 12.7. The van der Waals surface area contributed by atoms with Crippen molar-refractivity contribution in [3.05, 3.63) is 128 Å². The predicted molar refractivity (Wildman–Crippen MR) is 167 cm³/mol. The van der Waals surface area contributed by atoms with Crippen molar-refractivity contribution >= 4 is 73.4 Å². The molecule has 0 unspecified atom stereocenters. The van der Waals surface area contributed by atoms with E-state index in [0.717, 1.165) is 32.1 Å². The number of nitrogens with zero attached hydrogens (tertiary/aromatic N) is 2. The van der Waals surface area contributed by atoms with E-state index in [2.05, 4.69) is 36.8 Å². The first kappa shape index (κ1) is 27.9. The summed E-state index contributed by atoms with van der Waals surface area (Å²) >= 11 is 17.2. The van der Waals surface area contributed by atoms with Gasteiger partial charge in [-0.1, -0.05) is 75.5 Å². The predicted octanol–water partition coefficient (Wildman–Crippen LogP) is 8.97. The average molecular weight is 652 g/mol. The summed E-state index contributed by atoms with van der Waals surface area (Å²) in [5, 5.41) is 11.3. The zero-order chi connectivity index (χ0) is 27.9.